The number of pyridine rings is 1. The topological polar surface area (TPSA) is 375 Å². The van der Waals surface area contributed by atoms with Gasteiger partial charge in [0.2, 0.25) is 20.0 Å². The zero-order valence-electron chi connectivity index (χ0n) is 80.8. The summed E-state index contributed by atoms with van der Waals surface area (Å²) < 4.78 is 112. The van der Waals surface area contributed by atoms with Crippen molar-refractivity contribution in [2.24, 2.45) is 0 Å². The molecule has 38 heteroatoms. The highest BCUT2D eigenvalue weighted by Crippen LogP contribution is 2.46. The summed E-state index contributed by atoms with van der Waals surface area (Å²) in [6, 6.07) is 78.4. The Morgan fingerprint density at radius 1 is 0.372 bits per heavy atom. The number of aromatic nitrogens is 9. The number of anilines is 2. The minimum Gasteiger partial charge on any atom is -0.489 e. The maximum atomic E-state index is 12.3. The molecule has 1 unspecified atom stereocenters. The normalized spacial score (nSPS) is 12.2. The van der Waals surface area contributed by atoms with Crippen LogP contribution in [0.15, 0.2) is 236 Å². The molecule has 0 saturated heterocycles. The highest BCUT2D eigenvalue weighted by atomic mass is 35.5. The molecule has 5 aromatic heterocycles. The van der Waals surface area contributed by atoms with Crippen LogP contribution in [0.2, 0.25) is 20.1 Å². The summed E-state index contributed by atoms with van der Waals surface area (Å²) in [5.41, 5.74) is 18.8. The average Bonchev–Trinajstić information content (AvgIpc) is 1.62. The second kappa shape index (κ2) is 45.4. The molecule has 0 saturated carbocycles. The zero-order valence-corrected chi connectivity index (χ0v) is 90.1. The Bertz CT molecular complexity index is 8080. The lowest BCUT2D eigenvalue weighted by molar-refractivity contribution is 0.341. The number of hydrogen-bond donors (Lipinski definition) is 2. The molecule has 0 fully saturated rings. The van der Waals surface area contributed by atoms with Gasteiger partial charge in [-0.2, -0.15) is 30.2 Å². The third kappa shape index (κ3) is 25.6. The Morgan fingerprint density at radius 3 is 1.08 bits per heavy atom. The quantitative estimate of drug-likeness (QED) is 0.0312. The minimum atomic E-state index is -3.50. The average molecular weight is 2180 g/mol. The van der Waals surface area contributed by atoms with Crippen molar-refractivity contribution >= 4 is 189 Å². The molecule has 26 nitrogen and oxygen atoms in total. The minimum absolute atomic E-state index is 0.0763. The fourth-order valence-corrected chi connectivity index (χ4v) is 20.6. The van der Waals surface area contributed by atoms with Crippen molar-refractivity contribution in [3.8, 4) is 91.8 Å². The van der Waals surface area contributed by atoms with Crippen molar-refractivity contribution in [3.05, 3.63) is 323 Å². The maximum Gasteiger partial charge on any atom is 0.256 e. The Morgan fingerprint density at radius 2 is 0.717 bits per heavy atom. The van der Waals surface area contributed by atoms with E-state index in [0.717, 1.165) is 118 Å². The molecule has 0 amide bonds. The van der Waals surface area contributed by atoms with Gasteiger partial charge in [-0.15, -0.1) is 66.8 Å². The first kappa shape index (κ1) is 109. The molecule has 16 aromatic rings. The van der Waals surface area contributed by atoms with Gasteiger partial charge in [0.1, 0.15) is 61.9 Å². The lowest BCUT2D eigenvalue weighted by atomic mass is 9.77. The zero-order chi connectivity index (χ0) is 105. The van der Waals surface area contributed by atoms with E-state index >= 15 is 0 Å². The Kier molecular flexibility index (Phi) is 34.3. The standard InChI is InChI=1S/C27H24Cl2N4O3S.C27H25Cl2N3O3S.C27H25Cl2N3O2S.C26H23Cl2N5O3S/c1-27(2,22-12-20(16-30)26(23(29)15-22)36-11-10-28)21-8-6-17(7-9-21)18-4-5-19-14-25(33-37(3,34)35)32-31-24(19)13-18;1-17-26(36(4,33)34)32-11-9-19(14-24(32)31-17)18-5-7-21(8-6-18)27(2,3)22-13-20(16-30)25(23(29)15-22)35-12-10-28;1-27(2,23-14-20(16-30)26(24(29)15-23)34-12-11-28)22-8-5-18(6-9-22)19-7-10-25-21(13-19)17-31-32(25)35(3,4)33;1-26(2,20-12-18(15-29)24(21(28)14-20)36-11-10-27)19-7-4-16(5-8-19)17-6-9-22-23(13-17)31-32-25(30-22)33-37(3,34)35/h4-9,12-15H,10-11H2,1-3H3,(H,32,33);5-9,11,13-15H,10,12H2,1-4H3;5-10,13-15,17H,3,11-12H2,1-2,4H3;4-9,12-14H,10-11H2,1-3H3,(H,30,32,33). The lowest BCUT2D eigenvalue weighted by Gasteiger charge is -2.27. The molecule has 0 aliphatic heterocycles. The van der Waals surface area contributed by atoms with E-state index in [2.05, 4.69) is 155 Å². The number of nitrogens with zero attached hydrogens (tertiary/aromatic N) is 13. The molecule has 746 valence electrons. The third-order valence-corrected chi connectivity index (χ3v) is 29.3. The number of imidazole rings is 1. The summed E-state index contributed by atoms with van der Waals surface area (Å²) in [5, 5.41) is 62.3. The van der Waals surface area contributed by atoms with Crippen LogP contribution in [0, 0.1) is 52.2 Å². The summed E-state index contributed by atoms with van der Waals surface area (Å²) in [6.07, 6.45) is 8.29. The van der Waals surface area contributed by atoms with Crippen molar-refractivity contribution in [2.45, 2.75) is 89.0 Å². The number of ether oxygens (including phenoxy) is 4. The number of halogens is 8. The van der Waals surface area contributed by atoms with Gasteiger partial charge in [-0.05, 0) is 199 Å². The fraction of sp³-hybridized carbons (Fsp3) is 0.234. The SMILES string of the molecule is C=S(C)(=O)n1ncc2cc(-c3ccc(C(C)(C)c4cc(Cl)c(OCCCl)c(C#N)c4)cc3)ccc21.CC(C)(c1ccc(-c2ccc3cc(NS(C)(=O)=O)nnc3c2)cc1)c1cc(Cl)c(OCCCl)c(C#N)c1.CC(C)(c1ccc(-c2ccc3nc(NS(C)(=O)=O)nnc3c2)cc1)c1cc(Cl)c(OCCCl)c(C#N)c1.Cc1nc2cc(-c3ccc(C(C)(C)c4cc(Cl)c(OCCCl)c(C#N)c4)cc3)ccn2c1S(C)(=O)=O. The molecular formula is C107H97Cl8N15O11S4. The van der Waals surface area contributed by atoms with E-state index in [1.54, 1.807) is 60.3 Å². The summed E-state index contributed by atoms with van der Waals surface area (Å²) in [4.78, 5) is 8.65. The number of sulfonamides is 2. The van der Waals surface area contributed by atoms with Crippen molar-refractivity contribution in [2.75, 3.05) is 84.4 Å². The summed E-state index contributed by atoms with van der Waals surface area (Å²) in [7, 11) is -12.8. The highest BCUT2D eigenvalue weighted by molar-refractivity contribution is 7.98. The predicted molar refractivity (Wildman–Crippen MR) is 583 cm³/mol. The van der Waals surface area contributed by atoms with Gasteiger partial charge in [0.25, 0.3) is 5.95 Å². The number of nitriles is 4. The van der Waals surface area contributed by atoms with Crippen molar-refractivity contribution in [1.29, 1.82) is 21.0 Å². The van der Waals surface area contributed by atoms with Crippen LogP contribution < -0.4 is 28.4 Å². The van der Waals surface area contributed by atoms with Gasteiger partial charge in [-0.3, -0.25) is 13.8 Å². The first-order valence-corrected chi connectivity index (χ1v) is 56.0. The number of fused-ring (bicyclic) bond motifs is 4. The first-order chi connectivity index (χ1) is 68.5. The summed E-state index contributed by atoms with van der Waals surface area (Å²) in [5.74, 6) is 6.42. The number of alkyl halides is 4. The molecule has 0 radical (unpaired) electrons. The van der Waals surface area contributed by atoms with Crippen molar-refractivity contribution in [3.63, 3.8) is 0 Å². The molecule has 11 aromatic carbocycles. The molecule has 5 heterocycles. The summed E-state index contributed by atoms with van der Waals surface area (Å²) in [6.45, 7) is 19.4. The van der Waals surface area contributed by atoms with Gasteiger partial charge in [-0.1, -0.05) is 223 Å². The molecule has 2 N–H and O–H groups in total. The van der Waals surface area contributed by atoms with Crippen LogP contribution in [-0.2, 0) is 61.3 Å². The molecule has 1 atom stereocenters. The molecule has 0 bridgehead atoms. The molecule has 0 aliphatic carbocycles. The third-order valence-electron chi connectivity index (χ3n) is 24.2. The highest BCUT2D eigenvalue weighted by Gasteiger charge is 2.33. The van der Waals surface area contributed by atoms with Crippen LogP contribution in [0.3, 0.4) is 0 Å². The second-order valence-electron chi connectivity index (χ2n) is 36.0. The Hall–Kier alpha value is -12.9. The van der Waals surface area contributed by atoms with Gasteiger partial charge in [0.15, 0.2) is 43.7 Å². The van der Waals surface area contributed by atoms with E-state index in [1.165, 1.54) is 10.3 Å². The van der Waals surface area contributed by atoms with E-state index in [0.29, 0.717) is 117 Å². The number of rotatable bonds is 30. The van der Waals surface area contributed by atoms with Gasteiger partial charge in [0, 0.05) is 51.1 Å². The second-order valence-corrected chi connectivity index (χ2v) is 46.8. The van der Waals surface area contributed by atoms with Crippen LogP contribution in [0.1, 0.15) is 128 Å². The van der Waals surface area contributed by atoms with Crippen molar-refractivity contribution in [1.82, 2.24) is 43.9 Å². The molecular weight excluding hydrogens is 2080 g/mol. The molecule has 16 rings (SSSR count). The van der Waals surface area contributed by atoms with E-state index in [9.17, 15) is 50.5 Å². The maximum absolute atomic E-state index is 12.3. The number of benzene rings is 11. The van der Waals surface area contributed by atoms with Crippen LogP contribution in [0.4, 0.5) is 11.8 Å². The van der Waals surface area contributed by atoms with Crippen molar-refractivity contribution < 1.29 is 48.4 Å². The predicted octanol–water partition coefficient (Wildman–Crippen LogP) is 24.1. The van der Waals surface area contributed by atoms with Gasteiger partial charge >= 0.3 is 0 Å². The van der Waals surface area contributed by atoms with E-state index < -0.39 is 61.3 Å². The lowest BCUT2D eigenvalue weighted by Crippen LogP contribution is -2.19. The number of aryl methyl sites for hydroxylation is 1. The smallest absolute Gasteiger partial charge is 0.256 e. The van der Waals surface area contributed by atoms with Gasteiger partial charge in [0.05, 0.1) is 117 Å². The number of nitrogens with one attached hydrogen (secondary N) is 2. The van der Waals surface area contributed by atoms with E-state index in [1.807, 2.05) is 164 Å². The van der Waals surface area contributed by atoms with E-state index in [-0.39, 0.29) is 43.2 Å². The Balaban J connectivity index is 0.000000162. The van der Waals surface area contributed by atoms with E-state index in [4.69, 9.17) is 112 Å². The van der Waals surface area contributed by atoms with Gasteiger partial charge < -0.3 is 18.9 Å². The number of hydrogen-bond acceptors (Lipinski definition) is 22. The van der Waals surface area contributed by atoms with Crippen LogP contribution in [0.25, 0.3) is 83.0 Å². The molecule has 0 aliphatic rings. The molecule has 0 spiro atoms. The van der Waals surface area contributed by atoms with Gasteiger partial charge in [-0.25, -0.2) is 39.4 Å². The van der Waals surface area contributed by atoms with Crippen LogP contribution >= 0.6 is 92.8 Å². The summed E-state index contributed by atoms with van der Waals surface area (Å²) >= 11 is 48.8. The fourth-order valence-electron chi connectivity index (χ4n) is 16.3. The monoisotopic (exact) mass is 2180 g/mol. The Labute approximate surface area is 882 Å². The largest absolute Gasteiger partial charge is 0.489 e. The first-order valence-electron chi connectivity index (χ1n) is 44.6. The number of sulfone groups is 1. The van der Waals surface area contributed by atoms with Crippen LogP contribution in [0.5, 0.6) is 23.0 Å². The molecule has 145 heavy (non-hydrogen) atoms. The van der Waals surface area contributed by atoms with Crippen LogP contribution in [-0.4, -0.2) is 154 Å².